The van der Waals surface area contributed by atoms with Gasteiger partial charge in [-0.3, -0.25) is 0 Å². The highest BCUT2D eigenvalue weighted by molar-refractivity contribution is 7.25. The third kappa shape index (κ3) is 10.9. The van der Waals surface area contributed by atoms with Crippen LogP contribution in [-0.4, -0.2) is 0 Å². The van der Waals surface area contributed by atoms with Crippen LogP contribution in [0.5, 0.6) is 0 Å². The van der Waals surface area contributed by atoms with Crippen molar-refractivity contribution in [1.82, 2.24) is 0 Å². The van der Waals surface area contributed by atoms with E-state index in [1.165, 1.54) is 80.7 Å². The Kier molecular flexibility index (Phi) is 14.8. The molecular formula is C101H68N2OS. The summed E-state index contributed by atoms with van der Waals surface area (Å²) in [4.78, 5) is 4.89. The van der Waals surface area contributed by atoms with Crippen LogP contribution >= 0.6 is 11.3 Å². The van der Waals surface area contributed by atoms with Gasteiger partial charge in [-0.1, -0.05) is 269 Å². The first kappa shape index (κ1) is 61.7. The molecular weight excluding hydrogens is 1290 g/mol. The molecule has 0 bridgehead atoms. The van der Waals surface area contributed by atoms with Crippen LogP contribution < -0.4 is 9.80 Å². The van der Waals surface area contributed by atoms with Gasteiger partial charge < -0.3 is 14.2 Å². The van der Waals surface area contributed by atoms with Crippen LogP contribution in [0.4, 0.5) is 34.1 Å². The summed E-state index contributed by atoms with van der Waals surface area (Å²) in [5.74, 6) is 0. The summed E-state index contributed by atoms with van der Waals surface area (Å²) >= 11 is 1.86. The highest BCUT2D eigenvalue weighted by atomic mass is 32.1. The Morgan fingerprint density at radius 2 is 0.714 bits per heavy atom. The minimum Gasteiger partial charge on any atom is -0.456 e. The van der Waals surface area contributed by atoms with Crippen LogP contribution in [0.1, 0.15) is 25.0 Å². The SMILES string of the molecule is CC1(C)c2ccccc2-c2cccc(-c3ccc(N(c4cccc(-c5ccc6ccccc6c5)c4)c4ccc5sc6cc(-c7ccc(N(c8ccc(-c9ccc%10c(c9)oc9ccccc9%10)cc8)c8cc(-c9ccccc9)cc(-c9ccccc9)c8)cc7-c7ccc8ccccc8c7)ccc6c5c4)cc3)c21. The van der Waals surface area contributed by atoms with Crippen LogP contribution in [0.25, 0.3) is 153 Å². The number of nitrogens with zero attached hydrogens (tertiary/aromatic N) is 2. The smallest absolute Gasteiger partial charge is 0.136 e. The molecule has 0 fully saturated rings. The number of hydrogen-bond acceptors (Lipinski definition) is 4. The van der Waals surface area contributed by atoms with Crippen molar-refractivity contribution in [3.63, 3.8) is 0 Å². The number of para-hydroxylation sites is 1. The van der Waals surface area contributed by atoms with E-state index in [1.54, 1.807) is 0 Å². The molecule has 20 rings (SSSR count). The fourth-order valence-corrected chi connectivity index (χ4v) is 17.7. The highest BCUT2D eigenvalue weighted by Gasteiger charge is 2.37. The molecule has 0 radical (unpaired) electrons. The van der Waals surface area contributed by atoms with E-state index >= 15 is 0 Å². The van der Waals surface area contributed by atoms with Crippen LogP contribution in [0, 0.1) is 0 Å². The number of thiophene rings is 1. The zero-order valence-electron chi connectivity index (χ0n) is 58.0. The first-order valence-electron chi connectivity index (χ1n) is 36.2. The number of rotatable bonds is 13. The number of anilines is 6. The second kappa shape index (κ2) is 25.1. The fourth-order valence-electron chi connectivity index (χ4n) is 16.6. The third-order valence-corrected chi connectivity index (χ3v) is 22.9. The number of fused-ring (bicyclic) bond motifs is 11. The van der Waals surface area contributed by atoms with E-state index in [-0.39, 0.29) is 5.41 Å². The molecule has 0 amide bonds. The largest absolute Gasteiger partial charge is 0.456 e. The van der Waals surface area contributed by atoms with E-state index in [2.05, 4.69) is 388 Å². The summed E-state index contributed by atoms with van der Waals surface area (Å²) in [6.45, 7) is 4.75. The Balaban J connectivity index is 0.718. The Labute approximate surface area is 614 Å². The maximum absolute atomic E-state index is 6.42. The molecule has 0 unspecified atom stereocenters. The summed E-state index contributed by atoms with van der Waals surface area (Å²) in [7, 11) is 0. The molecule has 494 valence electrons. The summed E-state index contributed by atoms with van der Waals surface area (Å²) in [6.07, 6.45) is 0. The Bertz CT molecular complexity index is 6560. The Morgan fingerprint density at radius 3 is 1.47 bits per heavy atom. The normalized spacial score (nSPS) is 12.4. The number of benzene rings is 17. The van der Waals surface area contributed by atoms with Gasteiger partial charge in [0.1, 0.15) is 11.2 Å². The van der Waals surface area contributed by atoms with Gasteiger partial charge in [-0.05, 0) is 243 Å². The lowest BCUT2D eigenvalue weighted by Gasteiger charge is -2.28. The molecule has 0 atom stereocenters. The predicted octanol–water partition coefficient (Wildman–Crippen LogP) is 29.2. The van der Waals surface area contributed by atoms with E-state index in [0.717, 1.165) is 117 Å². The zero-order valence-corrected chi connectivity index (χ0v) is 58.8. The van der Waals surface area contributed by atoms with E-state index < -0.39 is 0 Å². The molecule has 0 saturated carbocycles. The van der Waals surface area contributed by atoms with Gasteiger partial charge in [-0.2, -0.15) is 0 Å². The highest BCUT2D eigenvalue weighted by Crippen LogP contribution is 2.53. The summed E-state index contributed by atoms with van der Waals surface area (Å²) in [5, 5.41) is 9.55. The van der Waals surface area contributed by atoms with Crippen molar-refractivity contribution in [3.05, 3.63) is 387 Å². The molecule has 2 aromatic heterocycles. The average Bonchev–Trinajstić information content (AvgIpc) is 1.59. The van der Waals surface area contributed by atoms with Crippen molar-refractivity contribution in [3.8, 4) is 89.0 Å². The summed E-state index contributed by atoms with van der Waals surface area (Å²) < 4.78 is 8.89. The average molecular weight is 1360 g/mol. The van der Waals surface area contributed by atoms with E-state index in [4.69, 9.17) is 4.42 Å². The Morgan fingerprint density at radius 1 is 0.229 bits per heavy atom. The van der Waals surface area contributed by atoms with Crippen molar-refractivity contribution in [2.45, 2.75) is 19.3 Å². The minimum absolute atomic E-state index is 0.141. The summed E-state index contributed by atoms with van der Waals surface area (Å²) in [6, 6.07) is 139. The van der Waals surface area contributed by atoms with Gasteiger partial charge in [0.15, 0.2) is 0 Å². The van der Waals surface area contributed by atoms with E-state index in [0.29, 0.717) is 0 Å². The first-order chi connectivity index (χ1) is 51.7. The van der Waals surface area contributed by atoms with E-state index in [1.807, 2.05) is 23.5 Å². The predicted molar refractivity (Wildman–Crippen MR) is 447 cm³/mol. The Hall–Kier alpha value is -13.1. The maximum atomic E-state index is 6.42. The second-order valence-corrected chi connectivity index (χ2v) is 29.5. The molecule has 1 aliphatic carbocycles. The van der Waals surface area contributed by atoms with Crippen LogP contribution in [0.2, 0.25) is 0 Å². The van der Waals surface area contributed by atoms with Crippen LogP contribution in [-0.2, 0) is 5.41 Å². The molecule has 2 heterocycles. The van der Waals surface area contributed by atoms with Gasteiger partial charge in [0, 0.05) is 70.5 Å². The number of hydrogen-bond donors (Lipinski definition) is 0. The minimum atomic E-state index is -0.141. The van der Waals surface area contributed by atoms with Crippen LogP contribution in [0.15, 0.2) is 381 Å². The lowest BCUT2D eigenvalue weighted by molar-refractivity contribution is 0.662. The molecule has 3 nitrogen and oxygen atoms in total. The van der Waals surface area contributed by atoms with Crippen LogP contribution in [0.3, 0.4) is 0 Å². The lowest BCUT2D eigenvalue weighted by atomic mass is 9.79. The van der Waals surface area contributed by atoms with Gasteiger partial charge in [-0.15, -0.1) is 11.3 Å². The van der Waals surface area contributed by atoms with Crippen molar-refractivity contribution in [1.29, 1.82) is 0 Å². The van der Waals surface area contributed by atoms with E-state index in [9.17, 15) is 0 Å². The molecule has 0 spiro atoms. The quantitative estimate of drug-likeness (QED) is 0.115. The third-order valence-electron chi connectivity index (χ3n) is 21.8. The van der Waals surface area contributed by atoms with Crippen molar-refractivity contribution in [2.75, 3.05) is 9.80 Å². The second-order valence-electron chi connectivity index (χ2n) is 28.4. The molecule has 4 heteroatoms. The fraction of sp³-hybridized carbons (Fsp3) is 0.0297. The summed E-state index contributed by atoms with van der Waals surface area (Å²) in [5.41, 5.74) is 29.7. The van der Waals surface area contributed by atoms with Gasteiger partial charge in [0.25, 0.3) is 0 Å². The van der Waals surface area contributed by atoms with Gasteiger partial charge >= 0.3 is 0 Å². The first-order valence-corrected chi connectivity index (χ1v) is 37.0. The topological polar surface area (TPSA) is 19.6 Å². The molecule has 0 saturated heterocycles. The lowest BCUT2D eigenvalue weighted by Crippen LogP contribution is -2.16. The monoisotopic (exact) mass is 1360 g/mol. The van der Waals surface area contributed by atoms with Gasteiger partial charge in [-0.25, -0.2) is 0 Å². The van der Waals surface area contributed by atoms with Crippen molar-refractivity contribution in [2.24, 2.45) is 0 Å². The molecule has 17 aromatic carbocycles. The van der Waals surface area contributed by atoms with Crippen molar-refractivity contribution < 1.29 is 4.42 Å². The molecule has 105 heavy (non-hydrogen) atoms. The number of furan rings is 1. The van der Waals surface area contributed by atoms with Gasteiger partial charge in [0.2, 0.25) is 0 Å². The molecule has 1 aliphatic rings. The molecule has 0 N–H and O–H groups in total. The van der Waals surface area contributed by atoms with Gasteiger partial charge in [0.05, 0.1) is 0 Å². The van der Waals surface area contributed by atoms with Crippen molar-refractivity contribution >= 4 is 109 Å². The maximum Gasteiger partial charge on any atom is 0.136 e. The zero-order chi connectivity index (χ0) is 69.7. The standard InChI is InChI=1S/C101H68N2OS/c1-101(2)95-33-15-13-29-88(95)92-32-18-31-87(100(92)101)70-41-47-80(48-42-70)102(82-28-17-27-73(58-82)74-37-35-67-23-9-11-25-71(67)55-74)84-50-54-98-94(64-84)91-52-44-77(62-99(91)105-98)86-53-49-83(63-93(86)76-38-36-68-24-10-12-26-72(68)56-76)103(85-59-78(65-19-5-3-6-20-65)57-79(60-85)66-21-7-4-8-22-66)81-45-39-69(40-46-81)75-43-51-90-89-30-14-16-34-96(89)104-97(90)61-75/h3-64H,1-2H3. The molecule has 19 aromatic rings. The molecule has 0 aliphatic heterocycles.